The molecule has 5 nitrogen and oxygen atoms in total. The predicted molar refractivity (Wildman–Crippen MR) is 81.7 cm³/mol. The molecule has 0 unspecified atom stereocenters. The van der Waals surface area contributed by atoms with Crippen LogP contribution >= 0.6 is 0 Å². The summed E-state index contributed by atoms with van der Waals surface area (Å²) in [7, 11) is 5.34. The Hall–Kier alpha value is -1.59. The number of carbonyl (C=O) groups excluding carboxylic acids is 1. The van der Waals surface area contributed by atoms with E-state index in [4.69, 9.17) is 4.74 Å². The van der Waals surface area contributed by atoms with Crippen molar-refractivity contribution in [2.75, 3.05) is 53.9 Å². The van der Waals surface area contributed by atoms with Gasteiger partial charge in [0.2, 0.25) is 0 Å². The molecule has 0 aromatic heterocycles. The molecule has 0 atom stereocenters. The first-order chi connectivity index (χ1) is 10.1. The van der Waals surface area contributed by atoms with Gasteiger partial charge in [-0.05, 0) is 24.3 Å². The lowest BCUT2D eigenvalue weighted by atomic mass is 10.2. The first-order valence-electron chi connectivity index (χ1n) is 7.58. The van der Waals surface area contributed by atoms with E-state index in [-0.39, 0.29) is 5.91 Å². The molecule has 1 amide bonds. The van der Waals surface area contributed by atoms with Gasteiger partial charge < -0.3 is 19.4 Å². The standard InChI is InChI=1S/C16H25N3O2/c1-17(2)16(20)13-19-10-8-18(9-11-19)12-14-4-6-15(21-3)7-5-14/h4-7H,8-13H2,1-3H3/p+2. The summed E-state index contributed by atoms with van der Waals surface area (Å²) in [5.41, 5.74) is 1.35. The molecule has 1 aliphatic heterocycles. The Labute approximate surface area is 127 Å². The number of nitrogens with zero attached hydrogens (tertiary/aromatic N) is 1. The van der Waals surface area contributed by atoms with Gasteiger partial charge in [0.05, 0.1) is 7.11 Å². The Morgan fingerprint density at radius 1 is 1.10 bits per heavy atom. The highest BCUT2D eigenvalue weighted by atomic mass is 16.5. The average molecular weight is 293 g/mol. The SMILES string of the molecule is COc1ccc(C[NH+]2CC[NH+](CC(=O)N(C)C)CC2)cc1. The normalized spacial score (nSPS) is 21.9. The zero-order valence-electron chi connectivity index (χ0n) is 13.3. The summed E-state index contributed by atoms with van der Waals surface area (Å²) >= 11 is 0. The van der Waals surface area contributed by atoms with E-state index in [0.717, 1.165) is 38.5 Å². The van der Waals surface area contributed by atoms with Crippen molar-refractivity contribution in [1.82, 2.24) is 4.90 Å². The second-order valence-electron chi connectivity index (χ2n) is 5.99. The molecule has 0 spiro atoms. The zero-order chi connectivity index (χ0) is 15.2. The summed E-state index contributed by atoms with van der Waals surface area (Å²) in [4.78, 5) is 16.4. The van der Waals surface area contributed by atoms with Crippen molar-refractivity contribution < 1.29 is 19.3 Å². The average Bonchev–Trinajstić information content (AvgIpc) is 2.50. The maximum absolute atomic E-state index is 11.7. The van der Waals surface area contributed by atoms with Crippen LogP contribution in [0.5, 0.6) is 5.75 Å². The summed E-state index contributed by atoms with van der Waals surface area (Å²) in [6.07, 6.45) is 0. The van der Waals surface area contributed by atoms with E-state index in [9.17, 15) is 4.79 Å². The Balaban J connectivity index is 1.77. The molecule has 1 saturated heterocycles. The molecule has 2 N–H and O–H groups in total. The highest BCUT2D eigenvalue weighted by Crippen LogP contribution is 2.10. The van der Waals surface area contributed by atoms with Gasteiger partial charge in [0.25, 0.3) is 5.91 Å². The van der Waals surface area contributed by atoms with Crippen molar-refractivity contribution >= 4 is 5.91 Å². The van der Waals surface area contributed by atoms with Gasteiger partial charge in [-0.1, -0.05) is 0 Å². The number of amides is 1. The molecule has 1 aliphatic rings. The van der Waals surface area contributed by atoms with E-state index in [1.54, 1.807) is 16.9 Å². The summed E-state index contributed by atoms with van der Waals surface area (Å²) in [6, 6.07) is 8.32. The van der Waals surface area contributed by atoms with E-state index in [0.29, 0.717) is 6.54 Å². The largest absolute Gasteiger partial charge is 0.497 e. The molecule has 1 aromatic carbocycles. The van der Waals surface area contributed by atoms with Gasteiger partial charge in [0, 0.05) is 19.7 Å². The van der Waals surface area contributed by atoms with Gasteiger partial charge in [-0.15, -0.1) is 0 Å². The fourth-order valence-corrected chi connectivity index (χ4v) is 2.71. The fourth-order valence-electron chi connectivity index (χ4n) is 2.71. The summed E-state index contributed by atoms with van der Waals surface area (Å²) in [5.74, 6) is 1.13. The van der Waals surface area contributed by atoms with Crippen LogP contribution in [0.1, 0.15) is 5.56 Å². The molecule has 116 valence electrons. The van der Waals surface area contributed by atoms with Gasteiger partial charge in [0.15, 0.2) is 6.54 Å². The third-order valence-corrected chi connectivity index (χ3v) is 4.18. The summed E-state index contributed by atoms with van der Waals surface area (Å²) in [5, 5.41) is 0. The molecular formula is C16H27N3O2+2. The van der Waals surface area contributed by atoms with Crippen LogP contribution in [-0.2, 0) is 11.3 Å². The molecule has 5 heteroatoms. The molecule has 2 rings (SSSR count). The van der Waals surface area contributed by atoms with Crippen molar-refractivity contribution in [1.29, 1.82) is 0 Å². The minimum Gasteiger partial charge on any atom is -0.497 e. The quantitative estimate of drug-likeness (QED) is 0.663. The Morgan fingerprint density at radius 2 is 1.67 bits per heavy atom. The number of methoxy groups -OCH3 is 1. The van der Waals surface area contributed by atoms with Crippen LogP contribution in [0.4, 0.5) is 0 Å². The van der Waals surface area contributed by atoms with Gasteiger partial charge in [0.1, 0.15) is 38.5 Å². The van der Waals surface area contributed by atoms with Crippen LogP contribution in [0.3, 0.4) is 0 Å². The number of rotatable bonds is 5. The van der Waals surface area contributed by atoms with E-state index < -0.39 is 0 Å². The maximum Gasteiger partial charge on any atom is 0.277 e. The highest BCUT2D eigenvalue weighted by molar-refractivity contribution is 5.76. The molecule has 0 bridgehead atoms. The number of hydrogen-bond donors (Lipinski definition) is 2. The molecule has 0 radical (unpaired) electrons. The molecular weight excluding hydrogens is 266 g/mol. The summed E-state index contributed by atoms with van der Waals surface area (Å²) < 4.78 is 5.18. The number of benzene rings is 1. The zero-order valence-corrected chi connectivity index (χ0v) is 13.3. The first-order valence-corrected chi connectivity index (χ1v) is 7.58. The van der Waals surface area contributed by atoms with Gasteiger partial charge in [-0.2, -0.15) is 0 Å². The number of quaternary nitrogens is 2. The van der Waals surface area contributed by atoms with Crippen LogP contribution < -0.4 is 14.5 Å². The minimum absolute atomic E-state index is 0.226. The second-order valence-corrected chi connectivity index (χ2v) is 5.99. The number of piperazine rings is 1. The monoisotopic (exact) mass is 293 g/mol. The van der Waals surface area contributed by atoms with Crippen LogP contribution in [0.15, 0.2) is 24.3 Å². The van der Waals surface area contributed by atoms with E-state index in [2.05, 4.69) is 12.1 Å². The number of hydrogen-bond acceptors (Lipinski definition) is 2. The van der Waals surface area contributed by atoms with Crippen molar-refractivity contribution in [2.24, 2.45) is 0 Å². The number of carbonyl (C=O) groups is 1. The van der Waals surface area contributed by atoms with Crippen LogP contribution in [0, 0.1) is 0 Å². The Kier molecular flexibility index (Phi) is 5.59. The second kappa shape index (κ2) is 7.43. The lowest BCUT2D eigenvalue weighted by Crippen LogP contribution is -3.28. The minimum atomic E-state index is 0.226. The predicted octanol–water partition coefficient (Wildman–Crippen LogP) is -1.93. The summed E-state index contributed by atoms with van der Waals surface area (Å²) in [6.45, 7) is 6.09. The third-order valence-electron chi connectivity index (χ3n) is 4.18. The maximum atomic E-state index is 11.7. The lowest BCUT2D eigenvalue weighted by molar-refractivity contribution is -1.02. The van der Waals surface area contributed by atoms with Gasteiger partial charge in [-0.3, -0.25) is 4.79 Å². The molecule has 0 aliphatic carbocycles. The fraction of sp³-hybridized carbons (Fsp3) is 0.562. The molecule has 0 saturated carbocycles. The van der Waals surface area contributed by atoms with Crippen molar-refractivity contribution in [3.8, 4) is 5.75 Å². The smallest absolute Gasteiger partial charge is 0.277 e. The number of likely N-dealkylation sites (N-methyl/N-ethyl adjacent to an activating group) is 1. The molecule has 1 fully saturated rings. The van der Waals surface area contributed by atoms with Crippen molar-refractivity contribution in [2.45, 2.75) is 6.54 Å². The van der Waals surface area contributed by atoms with Gasteiger partial charge >= 0.3 is 0 Å². The topological polar surface area (TPSA) is 38.4 Å². The van der Waals surface area contributed by atoms with E-state index in [1.165, 1.54) is 10.5 Å². The van der Waals surface area contributed by atoms with Crippen LogP contribution in [0.25, 0.3) is 0 Å². The van der Waals surface area contributed by atoms with E-state index >= 15 is 0 Å². The van der Waals surface area contributed by atoms with Crippen molar-refractivity contribution in [3.05, 3.63) is 29.8 Å². The number of ether oxygens (including phenoxy) is 1. The molecule has 1 aromatic rings. The van der Waals surface area contributed by atoms with E-state index in [1.807, 2.05) is 26.2 Å². The lowest BCUT2D eigenvalue weighted by Gasteiger charge is -2.29. The molecule has 1 heterocycles. The third kappa shape index (κ3) is 4.72. The first kappa shape index (κ1) is 15.8. The number of nitrogens with one attached hydrogen (secondary N) is 2. The Morgan fingerprint density at radius 3 is 2.19 bits per heavy atom. The molecule has 21 heavy (non-hydrogen) atoms. The van der Waals surface area contributed by atoms with Gasteiger partial charge in [-0.25, -0.2) is 0 Å². The highest BCUT2D eigenvalue weighted by Gasteiger charge is 2.25. The van der Waals surface area contributed by atoms with Crippen LogP contribution in [0.2, 0.25) is 0 Å². The Bertz CT molecular complexity index is 451. The van der Waals surface area contributed by atoms with Crippen LogP contribution in [-0.4, -0.2) is 64.7 Å². The van der Waals surface area contributed by atoms with Crippen molar-refractivity contribution in [3.63, 3.8) is 0 Å².